The Labute approximate surface area is 105 Å². The summed E-state index contributed by atoms with van der Waals surface area (Å²) in [5, 5.41) is 0. The van der Waals surface area contributed by atoms with Crippen LogP contribution in [-0.4, -0.2) is 27.7 Å². The van der Waals surface area contributed by atoms with Gasteiger partial charge in [0.05, 0.1) is 6.04 Å². The average Bonchev–Trinajstić information content (AvgIpc) is 2.47. The molecule has 0 aromatic carbocycles. The summed E-state index contributed by atoms with van der Waals surface area (Å²) < 4.78 is 18.4. The van der Waals surface area contributed by atoms with Crippen LogP contribution in [0.3, 0.4) is 0 Å². The van der Waals surface area contributed by atoms with Gasteiger partial charge in [-0.3, -0.25) is 4.90 Å². The maximum absolute atomic E-state index is 13.1. The SMILES string of the molecule is CC(C)[C@@H]1N(c2ccnc(F)n2)C(=O)OC1(C)C. The minimum absolute atomic E-state index is 0.157. The highest BCUT2D eigenvalue weighted by atomic mass is 19.1. The maximum Gasteiger partial charge on any atom is 0.416 e. The Morgan fingerprint density at radius 3 is 2.72 bits per heavy atom. The molecule has 18 heavy (non-hydrogen) atoms. The molecule has 0 bridgehead atoms. The van der Waals surface area contributed by atoms with Crippen molar-refractivity contribution in [3.8, 4) is 0 Å². The van der Waals surface area contributed by atoms with E-state index in [0.29, 0.717) is 0 Å². The predicted molar refractivity (Wildman–Crippen MR) is 63.7 cm³/mol. The van der Waals surface area contributed by atoms with E-state index in [2.05, 4.69) is 9.97 Å². The van der Waals surface area contributed by atoms with Crippen molar-refractivity contribution in [2.75, 3.05) is 4.90 Å². The van der Waals surface area contributed by atoms with Crippen LogP contribution in [0, 0.1) is 12.0 Å². The van der Waals surface area contributed by atoms with E-state index in [1.54, 1.807) is 0 Å². The predicted octanol–water partition coefficient (Wildman–Crippen LogP) is 2.38. The minimum atomic E-state index is -0.854. The van der Waals surface area contributed by atoms with E-state index in [-0.39, 0.29) is 17.8 Å². The summed E-state index contributed by atoms with van der Waals surface area (Å²) in [5.74, 6) is 0.390. The van der Waals surface area contributed by atoms with Crippen molar-refractivity contribution in [2.45, 2.75) is 39.3 Å². The molecule has 5 nitrogen and oxygen atoms in total. The van der Waals surface area contributed by atoms with Gasteiger partial charge in [0.25, 0.3) is 0 Å². The minimum Gasteiger partial charge on any atom is -0.441 e. The lowest BCUT2D eigenvalue weighted by atomic mass is 9.89. The van der Waals surface area contributed by atoms with Gasteiger partial charge >= 0.3 is 12.2 Å². The molecule has 0 spiro atoms. The number of hydrogen-bond acceptors (Lipinski definition) is 4. The molecule has 0 aliphatic carbocycles. The summed E-state index contributed by atoms with van der Waals surface area (Å²) in [6, 6.07) is 1.31. The molecule has 0 unspecified atom stereocenters. The molecule has 1 saturated heterocycles. The first-order valence-corrected chi connectivity index (χ1v) is 5.83. The Morgan fingerprint density at radius 2 is 2.17 bits per heavy atom. The van der Waals surface area contributed by atoms with Gasteiger partial charge < -0.3 is 4.74 Å². The lowest BCUT2D eigenvalue weighted by Crippen LogP contribution is -2.45. The molecule has 1 aromatic rings. The molecule has 2 heterocycles. The van der Waals surface area contributed by atoms with E-state index in [1.165, 1.54) is 17.2 Å². The number of anilines is 1. The molecule has 0 radical (unpaired) electrons. The van der Waals surface area contributed by atoms with Gasteiger partial charge in [-0.1, -0.05) is 13.8 Å². The van der Waals surface area contributed by atoms with Gasteiger partial charge in [-0.15, -0.1) is 0 Å². The van der Waals surface area contributed by atoms with Crippen LogP contribution in [0.4, 0.5) is 15.0 Å². The Bertz CT molecular complexity index is 476. The van der Waals surface area contributed by atoms with E-state index < -0.39 is 17.8 Å². The third-order valence-electron chi connectivity index (χ3n) is 3.03. The quantitative estimate of drug-likeness (QED) is 0.759. The van der Waals surface area contributed by atoms with Crippen molar-refractivity contribution < 1.29 is 13.9 Å². The first-order chi connectivity index (χ1) is 8.33. The van der Waals surface area contributed by atoms with Crippen molar-refractivity contribution >= 4 is 11.9 Å². The monoisotopic (exact) mass is 253 g/mol. The molecule has 98 valence electrons. The van der Waals surface area contributed by atoms with Crippen LogP contribution in [0.25, 0.3) is 0 Å². The Hall–Kier alpha value is -1.72. The molecule has 0 N–H and O–H groups in total. The largest absolute Gasteiger partial charge is 0.441 e. The van der Waals surface area contributed by atoms with Gasteiger partial charge in [0.2, 0.25) is 0 Å². The van der Waals surface area contributed by atoms with E-state index >= 15 is 0 Å². The summed E-state index contributed by atoms with van der Waals surface area (Å²) in [6.07, 6.45) is -0.0717. The maximum atomic E-state index is 13.1. The van der Waals surface area contributed by atoms with Crippen molar-refractivity contribution in [1.29, 1.82) is 0 Å². The molecule has 0 saturated carbocycles. The fourth-order valence-electron chi connectivity index (χ4n) is 2.56. The molecule has 1 atom stereocenters. The number of cyclic esters (lactones) is 1. The van der Waals surface area contributed by atoms with Crippen molar-refractivity contribution in [2.24, 2.45) is 5.92 Å². The second-order valence-corrected chi connectivity index (χ2v) is 5.21. The van der Waals surface area contributed by atoms with Gasteiger partial charge in [0.1, 0.15) is 11.4 Å². The number of aromatic nitrogens is 2. The molecule has 6 heteroatoms. The standard InChI is InChI=1S/C12H16FN3O2/c1-7(2)9-12(3,4)18-11(17)16(9)8-5-6-14-10(13)15-8/h5-7,9H,1-4H3/t9-/m0/s1. The van der Waals surface area contributed by atoms with Gasteiger partial charge in [0, 0.05) is 6.20 Å². The molecular weight excluding hydrogens is 237 g/mol. The summed E-state index contributed by atoms with van der Waals surface area (Å²) in [6.45, 7) is 7.65. The fourth-order valence-corrected chi connectivity index (χ4v) is 2.56. The van der Waals surface area contributed by atoms with Crippen molar-refractivity contribution in [3.63, 3.8) is 0 Å². The fraction of sp³-hybridized carbons (Fsp3) is 0.583. The highest BCUT2D eigenvalue weighted by Crippen LogP contribution is 2.36. The van der Waals surface area contributed by atoms with Gasteiger partial charge in [0.15, 0.2) is 0 Å². The van der Waals surface area contributed by atoms with E-state index in [9.17, 15) is 9.18 Å². The van der Waals surface area contributed by atoms with Crippen molar-refractivity contribution in [3.05, 3.63) is 18.3 Å². The molecule has 1 aliphatic rings. The highest BCUT2D eigenvalue weighted by Gasteiger charge is 2.50. The summed E-state index contributed by atoms with van der Waals surface area (Å²) in [5.41, 5.74) is -0.632. The Kier molecular flexibility index (Phi) is 2.96. The zero-order valence-corrected chi connectivity index (χ0v) is 10.8. The van der Waals surface area contributed by atoms with E-state index in [1.807, 2.05) is 27.7 Å². The normalized spacial score (nSPS) is 22.4. The van der Waals surface area contributed by atoms with Crippen LogP contribution >= 0.6 is 0 Å². The zero-order chi connectivity index (χ0) is 13.5. The molecule has 1 aliphatic heterocycles. The van der Waals surface area contributed by atoms with Crippen LogP contribution in [0.1, 0.15) is 27.7 Å². The molecule has 2 rings (SSSR count). The van der Waals surface area contributed by atoms with Gasteiger partial charge in [-0.25, -0.2) is 9.78 Å². The molecule has 1 aromatic heterocycles. The number of rotatable bonds is 2. The van der Waals surface area contributed by atoms with Gasteiger partial charge in [-0.05, 0) is 25.8 Å². The molecular formula is C12H16FN3O2. The Balaban J connectivity index is 2.45. The molecule has 1 amide bonds. The number of ether oxygens (including phenoxy) is 1. The number of hydrogen-bond donors (Lipinski definition) is 0. The highest BCUT2D eigenvalue weighted by molar-refractivity contribution is 5.90. The van der Waals surface area contributed by atoms with Gasteiger partial charge in [-0.2, -0.15) is 9.37 Å². The number of carbonyl (C=O) groups is 1. The van der Waals surface area contributed by atoms with Crippen molar-refractivity contribution in [1.82, 2.24) is 9.97 Å². The summed E-state index contributed by atoms with van der Waals surface area (Å²) in [7, 11) is 0. The third kappa shape index (κ3) is 2.02. The van der Waals surface area contributed by atoms with Crippen LogP contribution in [0.15, 0.2) is 12.3 Å². The Morgan fingerprint density at radius 1 is 1.50 bits per heavy atom. The van der Waals surface area contributed by atoms with Crippen LogP contribution < -0.4 is 4.90 Å². The smallest absolute Gasteiger partial charge is 0.416 e. The van der Waals surface area contributed by atoms with Crippen LogP contribution in [-0.2, 0) is 4.74 Å². The number of nitrogens with zero attached hydrogens (tertiary/aromatic N) is 3. The van der Waals surface area contributed by atoms with Crippen LogP contribution in [0.2, 0.25) is 0 Å². The van der Waals surface area contributed by atoms with E-state index in [0.717, 1.165) is 0 Å². The molecule has 1 fully saturated rings. The number of amides is 1. The van der Waals surface area contributed by atoms with Crippen LogP contribution in [0.5, 0.6) is 0 Å². The lowest BCUT2D eigenvalue weighted by Gasteiger charge is -2.31. The summed E-state index contributed by atoms with van der Waals surface area (Å²) >= 11 is 0. The summed E-state index contributed by atoms with van der Waals surface area (Å²) in [4.78, 5) is 20.4. The first-order valence-electron chi connectivity index (χ1n) is 5.83. The van der Waals surface area contributed by atoms with E-state index in [4.69, 9.17) is 4.74 Å². The number of halogens is 1. The topological polar surface area (TPSA) is 55.3 Å². The first kappa shape index (κ1) is 12.7. The zero-order valence-electron chi connectivity index (χ0n) is 10.8. The lowest BCUT2D eigenvalue weighted by molar-refractivity contribution is 0.0592. The third-order valence-corrected chi connectivity index (χ3v) is 3.03. The average molecular weight is 253 g/mol. The second kappa shape index (κ2) is 4.19. The second-order valence-electron chi connectivity index (χ2n) is 5.21. The number of carbonyl (C=O) groups excluding carboxylic acids is 1.